The minimum atomic E-state index is -0.739. The van der Waals surface area contributed by atoms with Crippen molar-refractivity contribution >= 4 is 29.5 Å². The van der Waals surface area contributed by atoms with Gasteiger partial charge in [-0.2, -0.15) is 0 Å². The van der Waals surface area contributed by atoms with E-state index >= 15 is 0 Å². The number of nitrogens with one attached hydrogen (secondary N) is 2. The van der Waals surface area contributed by atoms with Crippen LogP contribution in [0.25, 0.3) is 0 Å². The van der Waals surface area contributed by atoms with Gasteiger partial charge in [-0.3, -0.25) is 14.4 Å². The molecule has 1 aromatic heterocycles. The zero-order chi connectivity index (χ0) is 20.8. The van der Waals surface area contributed by atoms with Crippen molar-refractivity contribution in [1.29, 1.82) is 0 Å². The van der Waals surface area contributed by atoms with Gasteiger partial charge in [-0.1, -0.05) is 18.2 Å². The first-order valence-corrected chi connectivity index (χ1v) is 10.4. The Kier molecular flexibility index (Phi) is 4.90. The Morgan fingerprint density at radius 2 is 2.00 bits per heavy atom. The van der Waals surface area contributed by atoms with Gasteiger partial charge >= 0.3 is 0 Å². The predicted octanol–water partition coefficient (Wildman–Crippen LogP) is 2.45. The summed E-state index contributed by atoms with van der Waals surface area (Å²) in [6.45, 7) is 5.79. The van der Waals surface area contributed by atoms with Crippen molar-refractivity contribution < 1.29 is 18.8 Å². The molecular formula is C21H23N3O4S. The summed E-state index contributed by atoms with van der Waals surface area (Å²) >= 11 is 1.60. The molecule has 1 saturated heterocycles. The van der Waals surface area contributed by atoms with E-state index in [9.17, 15) is 14.4 Å². The normalized spacial score (nSPS) is 22.7. The van der Waals surface area contributed by atoms with Crippen molar-refractivity contribution in [2.24, 2.45) is 0 Å². The highest BCUT2D eigenvalue weighted by Crippen LogP contribution is 2.56. The van der Waals surface area contributed by atoms with Gasteiger partial charge in [0.2, 0.25) is 11.8 Å². The molecule has 0 bridgehead atoms. The van der Waals surface area contributed by atoms with E-state index in [0.717, 1.165) is 5.56 Å². The number of carbonyl (C=O) groups is 3. The third-order valence-corrected chi connectivity index (χ3v) is 6.85. The third kappa shape index (κ3) is 3.42. The number of fused-ring (bicyclic) bond motifs is 3. The summed E-state index contributed by atoms with van der Waals surface area (Å²) in [5, 5.41) is 5.33. The average Bonchev–Trinajstić information content (AvgIpc) is 3.36. The second-order valence-electron chi connectivity index (χ2n) is 7.80. The van der Waals surface area contributed by atoms with Crippen LogP contribution in [0.15, 0.2) is 47.1 Å². The van der Waals surface area contributed by atoms with Gasteiger partial charge in [0, 0.05) is 10.3 Å². The summed E-state index contributed by atoms with van der Waals surface area (Å²) in [5.74, 6) is -0.148. The van der Waals surface area contributed by atoms with E-state index in [-0.39, 0.29) is 29.6 Å². The van der Waals surface area contributed by atoms with Crippen molar-refractivity contribution in [3.8, 4) is 0 Å². The third-order valence-electron chi connectivity index (χ3n) is 5.31. The van der Waals surface area contributed by atoms with Crippen LogP contribution in [0, 0.1) is 0 Å². The number of hydrogen-bond acceptors (Lipinski definition) is 5. The number of thioether (sulfide) groups is 1. The van der Waals surface area contributed by atoms with Gasteiger partial charge < -0.3 is 20.0 Å². The van der Waals surface area contributed by atoms with E-state index in [1.807, 2.05) is 32.0 Å². The summed E-state index contributed by atoms with van der Waals surface area (Å²) in [6, 6.07) is 9.56. The minimum absolute atomic E-state index is 0.140. The maximum absolute atomic E-state index is 13.1. The number of amides is 3. The van der Waals surface area contributed by atoms with Crippen LogP contribution in [-0.2, 0) is 16.1 Å². The fraction of sp³-hybridized carbons (Fsp3) is 0.381. The lowest BCUT2D eigenvalue weighted by atomic mass is 10.0. The van der Waals surface area contributed by atoms with Crippen molar-refractivity contribution in [2.45, 2.75) is 49.5 Å². The summed E-state index contributed by atoms with van der Waals surface area (Å²) < 4.78 is 4.71. The zero-order valence-corrected chi connectivity index (χ0v) is 17.3. The molecule has 3 heterocycles. The van der Waals surface area contributed by atoms with Crippen molar-refractivity contribution in [1.82, 2.24) is 15.5 Å². The van der Waals surface area contributed by atoms with E-state index in [4.69, 9.17) is 4.42 Å². The lowest BCUT2D eigenvalue weighted by molar-refractivity contribution is -0.131. The maximum Gasteiger partial charge on any atom is 0.256 e. The molecular weight excluding hydrogens is 390 g/mol. The molecule has 3 amide bonds. The van der Waals surface area contributed by atoms with E-state index < -0.39 is 16.8 Å². The number of hydrogen-bond donors (Lipinski definition) is 2. The Morgan fingerprint density at radius 3 is 2.72 bits per heavy atom. The number of rotatable bonds is 5. The molecule has 2 aromatic rings. The first kappa shape index (κ1) is 19.6. The summed E-state index contributed by atoms with van der Waals surface area (Å²) in [7, 11) is 0. The van der Waals surface area contributed by atoms with Crippen molar-refractivity contribution in [3.63, 3.8) is 0 Å². The molecule has 0 saturated carbocycles. The van der Waals surface area contributed by atoms with Gasteiger partial charge in [0.25, 0.3) is 5.91 Å². The van der Waals surface area contributed by atoms with Gasteiger partial charge in [-0.15, -0.1) is 11.8 Å². The molecule has 29 heavy (non-hydrogen) atoms. The highest BCUT2D eigenvalue weighted by molar-refractivity contribution is 8.01. The monoisotopic (exact) mass is 413 g/mol. The van der Waals surface area contributed by atoms with Crippen LogP contribution in [0.3, 0.4) is 0 Å². The van der Waals surface area contributed by atoms with E-state index in [1.54, 1.807) is 41.8 Å². The number of benzene rings is 1. The van der Waals surface area contributed by atoms with Crippen LogP contribution in [0.2, 0.25) is 0 Å². The smallest absolute Gasteiger partial charge is 0.256 e. The van der Waals surface area contributed by atoms with Gasteiger partial charge in [-0.05, 0) is 44.5 Å². The quantitative estimate of drug-likeness (QED) is 0.786. The molecule has 8 heteroatoms. The first-order valence-electron chi connectivity index (χ1n) is 9.49. The molecule has 2 N–H and O–H groups in total. The van der Waals surface area contributed by atoms with Crippen LogP contribution in [0.1, 0.15) is 47.8 Å². The highest BCUT2D eigenvalue weighted by Gasteiger charge is 2.57. The number of furan rings is 1. The van der Waals surface area contributed by atoms with E-state index in [1.165, 1.54) is 6.26 Å². The summed E-state index contributed by atoms with van der Waals surface area (Å²) in [5.41, 5.74) is 1.58. The second-order valence-corrected chi connectivity index (χ2v) is 9.54. The van der Waals surface area contributed by atoms with E-state index in [2.05, 4.69) is 10.6 Å². The average molecular weight is 413 g/mol. The fourth-order valence-corrected chi connectivity index (χ4v) is 5.49. The molecule has 0 radical (unpaired) electrons. The molecule has 1 aromatic carbocycles. The Morgan fingerprint density at radius 1 is 1.24 bits per heavy atom. The van der Waals surface area contributed by atoms with Gasteiger partial charge in [0.1, 0.15) is 23.2 Å². The fourth-order valence-electron chi connectivity index (χ4n) is 3.90. The first-order chi connectivity index (χ1) is 13.8. The van der Waals surface area contributed by atoms with Crippen molar-refractivity contribution in [2.75, 3.05) is 0 Å². The molecule has 3 atom stereocenters. The Balaban J connectivity index is 1.46. The molecule has 0 aliphatic carbocycles. The molecule has 2 aliphatic heterocycles. The summed E-state index contributed by atoms with van der Waals surface area (Å²) in [4.78, 5) is 40.1. The molecule has 2 aliphatic rings. The maximum atomic E-state index is 13.1. The van der Waals surface area contributed by atoms with Crippen LogP contribution < -0.4 is 10.6 Å². The molecule has 3 unspecified atom stereocenters. The van der Waals surface area contributed by atoms with Crippen LogP contribution >= 0.6 is 11.8 Å². The molecule has 4 rings (SSSR count). The topological polar surface area (TPSA) is 91.7 Å². The Labute approximate surface area is 173 Å². The molecule has 7 nitrogen and oxygen atoms in total. The van der Waals surface area contributed by atoms with Gasteiger partial charge in [-0.25, -0.2) is 0 Å². The lowest BCUT2D eigenvalue weighted by Gasteiger charge is -2.30. The highest BCUT2D eigenvalue weighted by atomic mass is 32.2. The predicted molar refractivity (Wildman–Crippen MR) is 109 cm³/mol. The van der Waals surface area contributed by atoms with Crippen molar-refractivity contribution in [3.05, 3.63) is 59.5 Å². The minimum Gasteiger partial charge on any atom is -0.467 e. The molecule has 152 valence electrons. The second kappa shape index (κ2) is 7.26. The zero-order valence-electron chi connectivity index (χ0n) is 16.5. The van der Waals surface area contributed by atoms with Gasteiger partial charge in [0.05, 0.1) is 12.8 Å². The number of carbonyl (C=O) groups excluding carboxylic acids is 3. The Hall–Kier alpha value is -2.74. The standard InChI is InChI=1S/C21H23N3O4S/c1-12(17(25)22-11-13-7-6-10-28-13)23-18(26)16-21(2,3)29-20-15-9-5-4-8-14(15)19(27)24(16)20/h4-10,12,16,20H,11H2,1-3H3,(H,22,25)(H,23,26). The Bertz CT molecular complexity index is 957. The number of nitrogens with zero attached hydrogens (tertiary/aromatic N) is 1. The largest absolute Gasteiger partial charge is 0.467 e. The SMILES string of the molecule is CC(NC(=O)C1N2C(=O)c3ccccc3C2SC1(C)C)C(=O)NCc1ccco1. The lowest BCUT2D eigenvalue weighted by Crippen LogP contribution is -2.56. The molecule has 0 spiro atoms. The van der Waals surface area contributed by atoms with Crippen LogP contribution in [0.4, 0.5) is 0 Å². The summed E-state index contributed by atoms with van der Waals surface area (Å²) in [6.07, 6.45) is 1.54. The van der Waals surface area contributed by atoms with Crippen LogP contribution in [0.5, 0.6) is 0 Å². The van der Waals surface area contributed by atoms with E-state index in [0.29, 0.717) is 11.3 Å². The van der Waals surface area contributed by atoms with Crippen LogP contribution in [-0.4, -0.2) is 39.5 Å². The molecule has 1 fully saturated rings. The van der Waals surface area contributed by atoms with Gasteiger partial charge in [0.15, 0.2) is 0 Å².